The molecule has 1 aromatic carbocycles. The molecule has 0 aromatic heterocycles. The lowest BCUT2D eigenvalue weighted by Gasteiger charge is -2.23. The van der Waals surface area contributed by atoms with Crippen LogP contribution < -0.4 is 0 Å². The Morgan fingerprint density at radius 2 is 1.77 bits per heavy atom. The van der Waals surface area contributed by atoms with Crippen molar-refractivity contribution in [3.8, 4) is 0 Å². The summed E-state index contributed by atoms with van der Waals surface area (Å²) in [7, 11) is 7.97. The van der Waals surface area contributed by atoms with Gasteiger partial charge in [0, 0.05) is 47.7 Å². The number of carbonyl (C=O) groups is 1. The van der Waals surface area contributed by atoms with Gasteiger partial charge in [-0.3, -0.25) is 4.79 Å². The van der Waals surface area contributed by atoms with Crippen molar-refractivity contribution in [2.24, 2.45) is 4.99 Å². The van der Waals surface area contributed by atoms with E-state index in [1.54, 1.807) is 0 Å². The zero-order chi connectivity index (χ0) is 16.1. The Balaban J connectivity index is 2.14. The smallest absolute Gasteiger partial charge is 0.222 e. The normalized spacial score (nSPS) is 14.2. The zero-order valence-corrected chi connectivity index (χ0v) is 14.0. The van der Waals surface area contributed by atoms with Crippen LogP contribution in [0.25, 0.3) is 0 Å². The van der Waals surface area contributed by atoms with Crippen LogP contribution in [0.3, 0.4) is 0 Å². The first-order valence-electron chi connectivity index (χ1n) is 7.72. The van der Waals surface area contributed by atoms with Crippen LogP contribution in [0.2, 0.25) is 0 Å². The van der Waals surface area contributed by atoms with Crippen molar-refractivity contribution in [3.05, 3.63) is 35.4 Å². The standard InChI is InChI=1S/C17H26N4O/c1-19(2)17(20(3)4)18-12-14-8-5-6-9-15(14)13-21-11-7-10-16(21)22/h5-6,8-9H,7,10-13H2,1-4H3. The summed E-state index contributed by atoms with van der Waals surface area (Å²) in [5.41, 5.74) is 2.38. The summed E-state index contributed by atoms with van der Waals surface area (Å²) in [6.07, 6.45) is 1.66. The Morgan fingerprint density at radius 3 is 2.32 bits per heavy atom. The van der Waals surface area contributed by atoms with E-state index < -0.39 is 0 Å². The minimum absolute atomic E-state index is 0.264. The van der Waals surface area contributed by atoms with Crippen molar-refractivity contribution in [3.63, 3.8) is 0 Å². The number of carbonyl (C=O) groups excluding carboxylic acids is 1. The maximum absolute atomic E-state index is 11.8. The van der Waals surface area contributed by atoms with Crippen molar-refractivity contribution in [1.29, 1.82) is 0 Å². The van der Waals surface area contributed by atoms with E-state index in [4.69, 9.17) is 4.99 Å². The minimum atomic E-state index is 0.264. The predicted molar refractivity (Wildman–Crippen MR) is 89.6 cm³/mol. The van der Waals surface area contributed by atoms with Gasteiger partial charge in [-0.05, 0) is 17.5 Å². The van der Waals surface area contributed by atoms with Gasteiger partial charge >= 0.3 is 0 Å². The van der Waals surface area contributed by atoms with E-state index in [1.165, 1.54) is 11.1 Å². The van der Waals surface area contributed by atoms with E-state index >= 15 is 0 Å². The second kappa shape index (κ2) is 7.29. The van der Waals surface area contributed by atoms with Crippen LogP contribution in [-0.4, -0.2) is 61.3 Å². The van der Waals surface area contributed by atoms with Gasteiger partial charge in [0.25, 0.3) is 0 Å². The topological polar surface area (TPSA) is 39.1 Å². The molecule has 0 aliphatic carbocycles. The molecule has 1 saturated heterocycles. The lowest BCUT2D eigenvalue weighted by molar-refractivity contribution is -0.128. The van der Waals surface area contributed by atoms with Gasteiger partial charge in [-0.1, -0.05) is 24.3 Å². The first-order chi connectivity index (χ1) is 10.5. The molecule has 22 heavy (non-hydrogen) atoms. The van der Waals surface area contributed by atoms with Crippen molar-refractivity contribution in [2.75, 3.05) is 34.7 Å². The Hall–Kier alpha value is -2.04. The highest BCUT2D eigenvalue weighted by atomic mass is 16.2. The highest BCUT2D eigenvalue weighted by Crippen LogP contribution is 2.18. The lowest BCUT2D eigenvalue weighted by Crippen LogP contribution is -2.35. The fourth-order valence-electron chi connectivity index (χ4n) is 2.78. The highest BCUT2D eigenvalue weighted by Gasteiger charge is 2.20. The number of amides is 1. The molecule has 0 bridgehead atoms. The average Bonchev–Trinajstić information content (AvgIpc) is 2.85. The molecule has 0 N–H and O–H groups in total. The summed E-state index contributed by atoms with van der Waals surface area (Å²) < 4.78 is 0. The Morgan fingerprint density at radius 1 is 1.14 bits per heavy atom. The molecule has 0 radical (unpaired) electrons. The van der Waals surface area contributed by atoms with Crippen LogP contribution in [0, 0.1) is 0 Å². The van der Waals surface area contributed by atoms with Gasteiger partial charge in [0.05, 0.1) is 6.54 Å². The second-order valence-corrected chi connectivity index (χ2v) is 6.09. The van der Waals surface area contributed by atoms with E-state index in [1.807, 2.05) is 55.0 Å². The van der Waals surface area contributed by atoms with Crippen LogP contribution in [0.1, 0.15) is 24.0 Å². The average molecular weight is 302 g/mol. The van der Waals surface area contributed by atoms with E-state index in [-0.39, 0.29) is 5.91 Å². The Kier molecular flexibility index (Phi) is 5.41. The second-order valence-electron chi connectivity index (χ2n) is 6.09. The molecule has 1 aliphatic rings. The van der Waals surface area contributed by atoms with E-state index in [0.29, 0.717) is 19.5 Å². The fraction of sp³-hybridized carbons (Fsp3) is 0.529. The number of guanidine groups is 1. The van der Waals surface area contributed by atoms with Crippen LogP contribution in [0.4, 0.5) is 0 Å². The molecule has 0 atom stereocenters. The molecule has 1 aliphatic heterocycles. The van der Waals surface area contributed by atoms with Gasteiger partial charge in [0.1, 0.15) is 0 Å². The van der Waals surface area contributed by atoms with Gasteiger partial charge in [-0.25, -0.2) is 4.99 Å². The lowest BCUT2D eigenvalue weighted by atomic mass is 10.1. The van der Waals surface area contributed by atoms with Crippen molar-refractivity contribution in [2.45, 2.75) is 25.9 Å². The molecule has 1 amide bonds. The van der Waals surface area contributed by atoms with Gasteiger partial charge < -0.3 is 14.7 Å². The minimum Gasteiger partial charge on any atom is -0.349 e. The van der Waals surface area contributed by atoms with Gasteiger partial charge in [-0.15, -0.1) is 0 Å². The number of benzene rings is 1. The largest absolute Gasteiger partial charge is 0.349 e. The maximum atomic E-state index is 11.8. The summed E-state index contributed by atoms with van der Waals surface area (Å²) in [6.45, 7) is 2.20. The molecule has 0 spiro atoms. The Bertz CT molecular complexity index is 541. The molecule has 0 saturated carbocycles. The summed E-state index contributed by atoms with van der Waals surface area (Å²) >= 11 is 0. The van der Waals surface area contributed by atoms with Gasteiger partial charge in [0.2, 0.25) is 5.91 Å². The molecule has 5 heteroatoms. The maximum Gasteiger partial charge on any atom is 0.222 e. The molecule has 0 unspecified atom stereocenters. The zero-order valence-electron chi connectivity index (χ0n) is 14.0. The molecule has 1 aromatic rings. The van der Waals surface area contributed by atoms with E-state index in [9.17, 15) is 4.79 Å². The molecule has 120 valence electrons. The SMILES string of the molecule is CN(C)C(=NCc1ccccc1CN1CCCC1=O)N(C)C. The van der Waals surface area contributed by atoms with Crippen LogP contribution >= 0.6 is 0 Å². The molecule has 5 nitrogen and oxygen atoms in total. The Labute approximate surface area is 133 Å². The number of hydrogen-bond acceptors (Lipinski definition) is 2. The van der Waals surface area contributed by atoms with Gasteiger partial charge in [0.15, 0.2) is 5.96 Å². The third-order valence-corrected chi connectivity index (χ3v) is 3.84. The highest BCUT2D eigenvalue weighted by molar-refractivity contribution is 5.79. The van der Waals surface area contributed by atoms with Crippen LogP contribution in [0.5, 0.6) is 0 Å². The molecular formula is C17H26N4O. The molecule has 1 fully saturated rings. The summed E-state index contributed by atoms with van der Waals surface area (Å²) in [5.74, 6) is 1.20. The molecule has 2 rings (SSSR count). The monoisotopic (exact) mass is 302 g/mol. The summed E-state index contributed by atoms with van der Waals surface area (Å²) in [6, 6.07) is 8.26. The molecular weight excluding hydrogens is 276 g/mol. The van der Waals surface area contributed by atoms with Crippen LogP contribution in [0.15, 0.2) is 29.3 Å². The summed E-state index contributed by atoms with van der Waals surface area (Å²) in [4.78, 5) is 22.5. The third kappa shape index (κ3) is 4.00. The number of rotatable bonds is 4. The number of nitrogens with zero attached hydrogens (tertiary/aromatic N) is 4. The number of hydrogen-bond donors (Lipinski definition) is 0. The van der Waals surface area contributed by atoms with E-state index in [2.05, 4.69) is 12.1 Å². The fourth-order valence-corrected chi connectivity index (χ4v) is 2.78. The first-order valence-corrected chi connectivity index (χ1v) is 7.72. The number of likely N-dealkylation sites (tertiary alicyclic amines) is 1. The van der Waals surface area contributed by atoms with Crippen molar-refractivity contribution < 1.29 is 4.79 Å². The molecule has 1 heterocycles. The quantitative estimate of drug-likeness (QED) is 0.629. The van der Waals surface area contributed by atoms with Crippen molar-refractivity contribution >= 4 is 11.9 Å². The van der Waals surface area contributed by atoms with Crippen LogP contribution in [-0.2, 0) is 17.9 Å². The third-order valence-electron chi connectivity index (χ3n) is 3.84. The van der Waals surface area contributed by atoms with E-state index in [0.717, 1.165) is 18.9 Å². The first kappa shape index (κ1) is 16.3. The summed E-state index contributed by atoms with van der Waals surface area (Å²) in [5, 5.41) is 0. The predicted octanol–water partition coefficient (Wildman–Crippen LogP) is 1.79. The van der Waals surface area contributed by atoms with Crippen molar-refractivity contribution in [1.82, 2.24) is 14.7 Å². The number of aliphatic imine (C=N–C) groups is 1. The van der Waals surface area contributed by atoms with Gasteiger partial charge in [-0.2, -0.15) is 0 Å².